The molecule has 0 aliphatic rings. The SMILES string of the molecule is Cc1cc(Cl)ccc1C(Cl)c1c(F)cc(F)cc1F. The van der Waals surface area contributed by atoms with Crippen LogP contribution in [0.1, 0.15) is 22.1 Å². The maximum Gasteiger partial charge on any atom is 0.134 e. The summed E-state index contributed by atoms with van der Waals surface area (Å²) in [5.41, 5.74) is 0.861. The van der Waals surface area contributed by atoms with E-state index in [1.54, 1.807) is 25.1 Å². The predicted molar refractivity (Wildman–Crippen MR) is 70.2 cm³/mol. The van der Waals surface area contributed by atoms with Crippen molar-refractivity contribution in [3.05, 3.63) is 69.5 Å². The van der Waals surface area contributed by atoms with E-state index in [-0.39, 0.29) is 5.56 Å². The highest BCUT2D eigenvalue weighted by atomic mass is 35.5. The van der Waals surface area contributed by atoms with E-state index >= 15 is 0 Å². The van der Waals surface area contributed by atoms with E-state index in [0.717, 1.165) is 0 Å². The molecular formula is C14H9Cl2F3. The molecule has 0 aliphatic carbocycles. The molecule has 0 bridgehead atoms. The molecule has 0 radical (unpaired) electrons. The summed E-state index contributed by atoms with van der Waals surface area (Å²) in [6.07, 6.45) is 0. The molecule has 19 heavy (non-hydrogen) atoms. The fraction of sp³-hybridized carbons (Fsp3) is 0.143. The molecule has 0 fully saturated rings. The van der Waals surface area contributed by atoms with Gasteiger partial charge < -0.3 is 0 Å². The van der Waals surface area contributed by atoms with E-state index in [0.29, 0.717) is 28.3 Å². The van der Waals surface area contributed by atoms with Crippen LogP contribution in [0.2, 0.25) is 5.02 Å². The Labute approximate surface area is 118 Å². The maximum atomic E-state index is 13.7. The first-order valence-corrected chi connectivity index (χ1v) is 6.26. The van der Waals surface area contributed by atoms with E-state index < -0.39 is 22.8 Å². The van der Waals surface area contributed by atoms with Gasteiger partial charge in [-0.05, 0) is 30.2 Å². The van der Waals surface area contributed by atoms with E-state index in [1.807, 2.05) is 0 Å². The van der Waals surface area contributed by atoms with Crippen molar-refractivity contribution < 1.29 is 13.2 Å². The summed E-state index contributed by atoms with van der Waals surface area (Å²) in [7, 11) is 0. The van der Waals surface area contributed by atoms with Gasteiger partial charge in [0.2, 0.25) is 0 Å². The number of hydrogen-bond acceptors (Lipinski definition) is 0. The molecule has 0 aliphatic heterocycles. The van der Waals surface area contributed by atoms with Crippen LogP contribution in [0, 0.1) is 24.4 Å². The zero-order chi connectivity index (χ0) is 14.2. The molecule has 0 saturated carbocycles. The maximum absolute atomic E-state index is 13.7. The molecule has 0 heterocycles. The number of aryl methyl sites for hydroxylation is 1. The Morgan fingerprint density at radius 3 is 2.11 bits per heavy atom. The molecule has 0 aromatic heterocycles. The lowest BCUT2D eigenvalue weighted by atomic mass is 9.99. The lowest BCUT2D eigenvalue weighted by molar-refractivity contribution is 0.526. The molecular weight excluding hydrogens is 296 g/mol. The van der Waals surface area contributed by atoms with Gasteiger partial charge in [0.1, 0.15) is 17.5 Å². The number of benzene rings is 2. The van der Waals surface area contributed by atoms with Crippen molar-refractivity contribution in [3.63, 3.8) is 0 Å². The van der Waals surface area contributed by atoms with E-state index in [4.69, 9.17) is 23.2 Å². The lowest BCUT2D eigenvalue weighted by Gasteiger charge is -2.15. The third kappa shape index (κ3) is 2.88. The number of alkyl halides is 1. The smallest absolute Gasteiger partial charge is 0.134 e. The normalized spacial score (nSPS) is 12.5. The molecule has 2 aromatic carbocycles. The summed E-state index contributed by atoms with van der Waals surface area (Å²) in [6.45, 7) is 1.73. The fourth-order valence-corrected chi connectivity index (χ4v) is 2.55. The largest absolute Gasteiger partial charge is 0.207 e. The average Bonchev–Trinajstić information content (AvgIpc) is 2.26. The molecule has 5 heteroatoms. The van der Waals surface area contributed by atoms with Gasteiger partial charge in [-0.2, -0.15) is 0 Å². The number of halogens is 5. The molecule has 2 aromatic rings. The zero-order valence-corrected chi connectivity index (χ0v) is 11.4. The van der Waals surface area contributed by atoms with Crippen LogP contribution in [0.3, 0.4) is 0 Å². The Bertz CT molecular complexity index is 603. The van der Waals surface area contributed by atoms with Gasteiger partial charge in [0, 0.05) is 22.7 Å². The van der Waals surface area contributed by atoms with Gasteiger partial charge in [-0.1, -0.05) is 17.7 Å². The quantitative estimate of drug-likeness (QED) is 0.652. The molecule has 0 N–H and O–H groups in total. The van der Waals surface area contributed by atoms with Crippen molar-refractivity contribution in [3.8, 4) is 0 Å². The minimum absolute atomic E-state index is 0.367. The van der Waals surface area contributed by atoms with Gasteiger partial charge in [-0.3, -0.25) is 0 Å². The Morgan fingerprint density at radius 1 is 1.00 bits per heavy atom. The second-order valence-corrected chi connectivity index (χ2v) is 5.02. The minimum Gasteiger partial charge on any atom is -0.207 e. The second kappa shape index (κ2) is 5.43. The molecule has 2 rings (SSSR count). The van der Waals surface area contributed by atoms with Crippen molar-refractivity contribution in [2.75, 3.05) is 0 Å². The van der Waals surface area contributed by atoms with Crippen LogP contribution >= 0.6 is 23.2 Å². The Balaban J connectivity index is 2.53. The van der Waals surface area contributed by atoms with Gasteiger partial charge in [0.15, 0.2) is 0 Å². The van der Waals surface area contributed by atoms with Crippen LogP contribution in [-0.4, -0.2) is 0 Å². The second-order valence-electron chi connectivity index (χ2n) is 4.15. The summed E-state index contributed by atoms with van der Waals surface area (Å²) >= 11 is 11.9. The van der Waals surface area contributed by atoms with Gasteiger partial charge in [-0.15, -0.1) is 11.6 Å². The van der Waals surface area contributed by atoms with Crippen molar-refractivity contribution >= 4 is 23.2 Å². The highest BCUT2D eigenvalue weighted by Gasteiger charge is 2.22. The van der Waals surface area contributed by atoms with Crippen molar-refractivity contribution in [1.29, 1.82) is 0 Å². The Kier molecular flexibility index (Phi) is 4.07. The first-order valence-electron chi connectivity index (χ1n) is 5.44. The Hall–Kier alpha value is -1.19. The summed E-state index contributed by atoms with van der Waals surface area (Å²) in [5.74, 6) is -2.99. The highest BCUT2D eigenvalue weighted by Crippen LogP contribution is 2.35. The minimum atomic E-state index is -1.04. The molecule has 0 spiro atoms. The third-order valence-corrected chi connectivity index (χ3v) is 3.49. The van der Waals surface area contributed by atoms with Crippen LogP contribution in [0.4, 0.5) is 13.2 Å². The van der Waals surface area contributed by atoms with Crippen LogP contribution in [0.5, 0.6) is 0 Å². The van der Waals surface area contributed by atoms with Crippen LogP contribution < -0.4 is 0 Å². The van der Waals surface area contributed by atoms with Crippen molar-refractivity contribution in [2.45, 2.75) is 12.3 Å². The van der Waals surface area contributed by atoms with Crippen LogP contribution in [0.15, 0.2) is 30.3 Å². The molecule has 100 valence electrons. The van der Waals surface area contributed by atoms with Gasteiger partial charge >= 0.3 is 0 Å². The molecule has 0 nitrogen and oxygen atoms in total. The standard InChI is InChI=1S/C14H9Cl2F3/c1-7-4-8(15)2-3-10(7)14(16)13-11(18)5-9(17)6-12(13)19/h2-6,14H,1H3. The fourth-order valence-electron chi connectivity index (χ4n) is 1.87. The first kappa shape index (κ1) is 14.2. The van der Waals surface area contributed by atoms with Crippen LogP contribution in [-0.2, 0) is 0 Å². The van der Waals surface area contributed by atoms with Gasteiger partial charge in [0.25, 0.3) is 0 Å². The summed E-state index contributed by atoms with van der Waals surface area (Å²) < 4.78 is 40.2. The third-order valence-electron chi connectivity index (χ3n) is 2.80. The van der Waals surface area contributed by atoms with Crippen molar-refractivity contribution in [2.24, 2.45) is 0 Å². The summed E-state index contributed by atoms with van der Waals surface area (Å²) in [4.78, 5) is 0. The van der Waals surface area contributed by atoms with E-state index in [2.05, 4.69) is 0 Å². The molecule has 1 atom stereocenters. The molecule has 1 unspecified atom stereocenters. The molecule has 0 amide bonds. The topological polar surface area (TPSA) is 0 Å². The monoisotopic (exact) mass is 304 g/mol. The first-order chi connectivity index (χ1) is 8.90. The predicted octanol–water partition coefficient (Wildman–Crippen LogP) is 5.39. The Morgan fingerprint density at radius 2 is 1.58 bits per heavy atom. The van der Waals surface area contributed by atoms with E-state index in [9.17, 15) is 13.2 Å². The highest BCUT2D eigenvalue weighted by molar-refractivity contribution is 6.30. The van der Waals surface area contributed by atoms with Crippen LogP contribution in [0.25, 0.3) is 0 Å². The lowest BCUT2D eigenvalue weighted by Crippen LogP contribution is -2.03. The summed E-state index contributed by atoms with van der Waals surface area (Å²) in [5, 5.41) is -0.539. The molecule has 0 saturated heterocycles. The average molecular weight is 305 g/mol. The summed E-state index contributed by atoms with van der Waals surface area (Å²) in [6, 6.07) is 6.04. The zero-order valence-electron chi connectivity index (χ0n) is 9.85. The van der Waals surface area contributed by atoms with Crippen molar-refractivity contribution in [1.82, 2.24) is 0 Å². The number of rotatable bonds is 2. The van der Waals surface area contributed by atoms with Gasteiger partial charge in [-0.25, -0.2) is 13.2 Å². The van der Waals surface area contributed by atoms with E-state index in [1.165, 1.54) is 0 Å². The number of hydrogen-bond donors (Lipinski definition) is 0. The van der Waals surface area contributed by atoms with Gasteiger partial charge in [0.05, 0.1) is 5.38 Å².